The highest BCUT2D eigenvalue weighted by molar-refractivity contribution is 6.01. The Hall–Kier alpha value is -4.16. The summed E-state index contributed by atoms with van der Waals surface area (Å²) in [7, 11) is 1.56. The highest BCUT2D eigenvalue weighted by Crippen LogP contribution is 2.40. The molecule has 2 aliphatic rings. The molecule has 13 heteroatoms. The number of rotatable bonds is 6. The summed E-state index contributed by atoms with van der Waals surface area (Å²) in [6.07, 6.45) is 7.51. The standard InChI is InChI=1S/C20H20FN9O3/c1-29-16(19(31)30-8-12(21)9-30)15(7-25-29)28-20(32)33-18-17(26-13-4-22-10-23-5-13)24-6-14(27-18)11-2-3-11/h4-7,10-12H,2-3,8-9H2,1H3,(H,24,26)(H,28,32). The number of likely N-dealkylation sites (tertiary alicyclic amines) is 1. The van der Waals surface area contributed by atoms with Crippen LogP contribution in [0, 0.1) is 0 Å². The van der Waals surface area contributed by atoms with Gasteiger partial charge in [-0.3, -0.25) is 14.8 Å². The van der Waals surface area contributed by atoms with Crippen molar-refractivity contribution >= 4 is 29.2 Å². The number of aromatic nitrogens is 6. The van der Waals surface area contributed by atoms with Crippen molar-refractivity contribution in [2.75, 3.05) is 23.7 Å². The normalized spacial score (nSPS) is 15.6. The molecule has 0 atom stereocenters. The SMILES string of the molecule is Cn1ncc(NC(=O)Oc2nc(C3CC3)cnc2Nc2cncnc2)c1C(=O)N1CC(F)C1. The number of hydrogen-bond donors (Lipinski definition) is 2. The summed E-state index contributed by atoms with van der Waals surface area (Å²) in [6, 6.07) is 0. The molecule has 3 aromatic rings. The predicted molar refractivity (Wildman–Crippen MR) is 113 cm³/mol. The van der Waals surface area contributed by atoms with Gasteiger partial charge in [-0.2, -0.15) is 5.10 Å². The number of aryl methyl sites for hydroxylation is 1. The van der Waals surface area contributed by atoms with E-state index in [9.17, 15) is 14.0 Å². The zero-order valence-corrected chi connectivity index (χ0v) is 17.6. The lowest BCUT2D eigenvalue weighted by Crippen LogP contribution is -2.52. The first-order valence-corrected chi connectivity index (χ1v) is 10.3. The molecule has 2 amide bonds. The van der Waals surface area contributed by atoms with Crippen LogP contribution >= 0.6 is 0 Å². The first kappa shape index (κ1) is 20.7. The van der Waals surface area contributed by atoms with Crippen LogP contribution in [0.5, 0.6) is 5.88 Å². The van der Waals surface area contributed by atoms with Gasteiger partial charge >= 0.3 is 6.09 Å². The summed E-state index contributed by atoms with van der Waals surface area (Å²) in [5.74, 6) is 0.0403. The van der Waals surface area contributed by atoms with E-state index in [-0.39, 0.29) is 42.1 Å². The van der Waals surface area contributed by atoms with Gasteiger partial charge in [0.15, 0.2) is 5.82 Å². The van der Waals surface area contributed by atoms with Crippen LogP contribution in [-0.4, -0.2) is 65.9 Å². The number of anilines is 3. The first-order chi connectivity index (χ1) is 16.0. The van der Waals surface area contributed by atoms with Crippen LogP contribution in [0.3, 0.4) is 0 Å². The molecule has 4 heterocycles. The quantitative estimate of drug-likeness (QED) is 0.573. The maximum atomic E-state index is 13.2. The lowest BCUT2D eigenvalue weighted by atomic mass is 10.1. The number of nitrogens with zero attached hydrogens (tertiary/aromatic N) is 7. The van der Waals surface area contributed by atoms with Crippen molar-refractivity contribution in [3.8, 4) is 5.88 Å². The Morgan fingerprint density at radius 1 is 1.15 bits per heavy atom. The monoisotopic (exact) mass is 453 g/mol. The van der Waals surface area contributed by atoms with Crippen molar-refractivity contribution in [1.82, 2.24) is 34.6 Å². The third kappa shape index (κ3) is 4.42. The van der Waals surface area contributed by atoms with Crippen molar-refractivity contribution in [3.63, 3.8) is 0 Å². The van der Waals surface area contributed by atoms with Crippen LogP contribution in [0.15, 0.2) is 31.1 Å². The highest BCUT2D eigenvalue weighted by Gasteiger charge is 2.34. The Morgan fingerprint density at radius 2 is 1.91 bits per heavy atom. The molecule has 2 fully saturated rings. The lowest BCUT2D eigenvalue weighted by Gasteiger charge is -2.34. The van der Waals surface area contributed by atoms with Crippen molar-refractivity contribution < 1.29 is 18.7 Å². The number of amides is 2. The van der Waals surface area contributed by atoms with E-state index in [4.69, 9.17) is 4.74 Å². The zero-order valence-electron chi connectivity index (χ0n) is 17.6. The summed E-state index contributed by atoms with van der Waals surface area (Å²) in [5.41, 5.74) is 1.53. The van der Waals surface area contributed by atoms with Crippen LogP contribution in [0.1, 0.15) is 34.9 Å². The molecule has 1 saturated heterocycles. The second kappa shape index (κ2) is 8.41. The Bertz CT molecular complexity index is 1190. The van der Waals surface area contributed by atoms with Gasteiger partial charge in [0, 0.05) is 13.0 Å². The Morgan fingerprint density at radius 3 is 2.61 bits per heavy atom. The number of nitrogens with one attached hydrogen (secondary N) is 2. The Kier molecular flexibility index (Phi) is 5.28. The molecule has 0 aromatic carbocycles. The average Bonchev–Trinajstić information content (AvgIpc) is 3.57. The van der Waals surface area contributed by atoms with Gasteiger partial charge in [-0.25, -0.2) is 29.1 Å². The number of carbonyl (C=O) groups excluding carboxylic acids is 2. The maximum absolute atomic E-state index is 13.2. The number of hydrogen-bond acceptors (Lipinski definition) is 9. The lowest BCUT2D eigenvalue weighted by molar-refractivity contribution is 0.0391. The summed E-state index contributed by atoms with van der Waals surface area (Å²) >= 11 is 0. The van der Waals surface area contributed by atoms with Crippen LogP contribution in [0.2, 0.25) is 0 Å². The van der Waals surface area contributed by atoms with Gasteiger partial charge in [-0.1, -0.05) is 0 Å². The minimum Gasteiger partial charge on any atom is -0.387 e. The molecule has 0 radical (unpaired) electrons. The second-order valence-electron chi connectivity index (χ2n) is 7.83. The molecule has 2 N–H and O–H groups in total. The molecule has 0 unspecified atom stereocenters. The van der Waals surface area contributed by atoms with Crippen molar-refractivity contribution in [1.29, 1.82) is 0 Å². The number of carbonyl (C=O) groups is 2. The van der Waals surface area contributed by atoms with Gasteiger partial charge in [0.1, 0.15) is 18.2 Å². The van der Waals surface area contributed by atoms with E-state index in [0.29, 0.717) is 5.69 Å². The van der Waals surface area contributed by atoms with Crippen molar-refractivity contribution in [3.05, 3.63) is 42.5 Å². The van der Waals surface area contributed by atoms with Gasteiger partial charge in [0.2, 0.25) is 0 Å². The molecule has 5 rings (SSSR count). The molecule has 1 aliphatic heterocycles. The molecule has 12 nitrogen and oxygen atoms in total. The smallest absolute Gasteiger partial charge is 0.387 e. The fourth-order valence-corrected chi connectivity index (χ4v) is 3.36. The molecule has 1 aliphatic carbocycles. The summed E-state index contributed by atoms with van der Waals surface area (Å²) in [5, 5.41) is 9.53. The summed E-state index contributed by atoms with van der Waals surface area (Å²) in [6.45, 7) is 0.0192. The molecule has 170 valence electrons. The Balaban J connectivity index is 1.34. The highest BCUT2D eigenvalue weighted by atomic mass is 19.1. The van der Waals surface area contributed by atoms with Gasteiger partial charge < -0.3 is 15.0 Å². The van der Waals surface area contributed by atoms with E-state index >= 15 is 0 Å². The van der Waals surface area contributed by atoms with Crippen LogP contribution in [-0.2, 0) is 7.05 Å². The van der Waals surface area contributed by atoms with E-state index in [1.54, 1.807) is 25.6 Å². The van der Waals surface area contributed by atoms with Gasteiger partial charge in [-0.15, -0.1) is 0 Å². The van der Waals surface area contributed by atoms with Crippen LogP contribution in [0.25, 0.3) is 0 Å². The number of ether oxygens (including phenoxy) is 1. The van der Waals surface area contributed by atoms with Crippen molar-refractivity contribution in [2.24, 2.45) is 7.05 Å². The zero-order chi connectivity index (χ0) is 22.9. The molecule has 1 saturated carbocycles. The maximum Gasteiger partial charge on any atom is 0.418 e. The molecular weight excluding hydrogens is 433 g/mol. The molecule has 3 aromatic heterocycles. The van der Waals surface area contributed by atoms with E-state index in [1.165, 1.54) is 22.1 Å². The van der Waals surface area contributed by atoms with Gasteiger partial charge in [-0.05, 0) is 12.8 Å². The fourth-order valence-electron chi connectivity index (χ4n) is 3.36. The topological polar surface area (TPSA) is 140 Å². The van der Waals surface area contributed by atoms with E-state index in [2.05, 4.69) is 35.7 Å². The van der Waals surface area contributed by atoms with Gasteiger partial charge in [0.25, 0.3) is 11.8 Å². The third-order valence-electron chi connectivity index (χ3n) is 5.27. The predicted octanol–water partition coefficient (Wildman–Crippen LogP) is 2.03. The molecule has 0 bridgehead atoms. The minimum absolute atomic E-state index is 0.00960. The van der Waals surface area contributed by atoms with E-state index < -0.39 is 18.2 Å². The van der Waals surface area contributed by atoms with E-state index in [1.807, 2.05) is 0 Å². The van der Waals surface area contributed by atoms with Gasteiger partial charge in [0.05, 0.1) is 54.9 Å². The second-order valence-corrected chi connectivity index (χ2v) is 7.83. The van der Waals surface area contributed by atoms with Crippen molar-refractivity contribution in [2.45, 2.75) is 24.9 Å². The average molecular weight is 453 g/mol. The molecule has 33 heavy (non-hydrogen) atoms. The van der Waals surface area contributed by atoms with E-state index in [0.717, 1.165) is 18.5 Å². The molecular formula is C20H20FN9O3. The third-order valence-corrected chi connectivity index (χ3v) is 5.27. The fraction of sp³-hybridized carbons (Fsp3) is 0.350. The Labute approximate surface area is 187 Å². The molecule has 0 spiro atoms. The minimum atomic E-state index is -1.04. The first-order valence-electron chi connectivity index (χ1n) is 10.3. The number of alkyl halides is 1. The van der Waals surface area contributed by atoms with Crippen LogP contribution in [0.4, 0.5) is 26.4 Å². The van der Waals surface area contributed by atoms with Crippen LogP contribution < -0.4 is 15.4 Å². The number of halogens is 1. The largest absolute Gasteiger partial charge is 0.418 e. The summed E-state index contributed by atoms with van der Waals surface area (Å²) < 4.78 is 20.0. The summed E-state index contributed by atoms with van der Waals surface area (Å²) in [4.78, 5) is 43.4.